The summed E-state index contributed by atoms with van der Waals surface area (Å²) in [4.78, 5) is 29.1. The Hall–Kier alpha value is -2.08. The van der Waals surface area contributed by atoms with Gasteiger partial charge in [-0.2, -0.15) is 0 Å². The third-order valence-corrected chi connectivity index (χ3v) is 5.59. The molecule has 2 amide bonds. The number of nitrogens with one attached hydrogen (secondary N) is 1. The smallest absolute Gasteiger partial charge is 0.267 e. The van der Waals surface area contributed by atoms with E-state index in [1.807, 2.05) is 24.3 Å². The van der Waals surface area contributed by atoms with Gasteiger partial charge in [0.15, 0.2) is 6.10 Å². The first-order valence-electron chi connectivity index (χ1n) is 9.72. The van der Waals surface area contributed by atoms with E-state index in [4.69, 9.17) is 4.74 Å². The summed E-state index contributed by atoms with van der Waals surface area (Å²) in [7, 11) is 0. The van der Waals surface area contributed by atoms with Crippen molar-refractivity contribution in [3.63, 3.8) is 0 Å². The largest absolute Gasteiger partial charge is 0.479 e. The molecule has 6 nitrogen and oxygen atoms in total. The molecule has 1 aromatic carbocycles. The molecule has 4 rings (SSSR count). The van der Waals surface area contributed by atoms with Crippen molar-refractivity contribution in [3.8, 4) is 5.75 Å². The summed E-state index contributed by atoms with van der Waals surface area (Å²) < 4.78 is 5.64. The molecule has 0 unspecified atom stereocenters. The van der Waals surface area contributed by atoms with Crippen LogP contribution in [0.5, 0.6) is 5.75 Å². The lowest BCUT2D eigenvalue weighted by Crippen LogP contribution is -2.48. The number of benzene rings is 1. The number of para-hydroxylation sites is 2. The molecule has 0 spiro atoms. The maximum Gasteiger partial charge on any atom is 0.267 e. The van der Waals surface area contributed by atoms with E-state index in [-0.39, 0.29) is 17.9 Å². The molecule has 2 heterocycles. The van der Waals surface area contributed by atoms with Crippen molar-refractivity contribution < 1.29 is 14.3 Å². The Labute approximate surface area is 154 Å². The third-order valence-electron chi connectivity index (χ3n) is 5.59. The molecule has 6 heteroatoms. The number of likely N-dealkylation sites (tertiary alicyclic amines) is 1. The number of hydrogen-bond donors (Lipinski definition) is 1. The van der Waals surface area contributed by atoms with Crippen molar-refractivity contribution in [2.45, 2.75) is 57.2 Å². The Morgan fingerprint density at radius 1 is 1.19 bits per heavy atom. The highest BCUT2D eigenvalue weighted by Crippen LogP contribution is 2.33. The Morgan fingerprint density at radius 3 is 2.65 bits per heavy atom. The molecular weight excluding hydrogens is 330 g/mol. The molecule has 1 aliphatic carbocycles. The molecule has 1 aromatic rings. The van der Waals surface area contributed by atoms with Gasteiger partial charge in [-0.1, -0.05) is 12.1 Å². The molecule has 1 saturated heterocycles. The molecule has 3 aliphatic rings. The molecule has 1 atom stereocenters. The molecular formula is C20H27N3O3. The minimum atomic E-state index is -0.514. The van der Waals surface area contributed by atoms with Gasteiger partial charge in [-0.05, 0) is 44.7 Å². The molecule has 2 aliphatic heterocycles. The molecule has 2 fully saturated rings. The van der Waals surface area contributed by atoms with Crippen LogP contribution in [0.3, 0.4) is 0 Å². The van der Waals surface area contributed by atoms with Crippen molar-refractivity contribution in [2.75, 3.05) is 24.5 Å². The topological polar surface area (TPSA) is 61.9 Å². The van der Waals surface area contributed by atoms with E-state index in [1.54, 1.807) is 11.8 Å². The Bertz CT molecular complexity index is 681. The number of nitrogens with zero attached hydrogens (tertiary/aromatic N) is 2. The van der Waals surface area contributed by atoms with E-state index in [0.717, 1.165) is 37.7 Å². The molecule has 140 valence electrons. The fraction of sp³-hybridized carbons (Fsp3) is 0.600. The van der Waals surface area contributed by atoms with Crippen LogP contribution in [0, 0.1) is 0 Å². The summed E-state index contributed by atoms with van der Waals surface area (Å²) in [5.74, 6) is 0.640. The first-order chi connectivity index (χ1) is 12.6. The highest BCUT2D eigenvalue weighted by molar-refractivity contribution is 6.00. The fourth-order valence-electron chi connectivity index (χ4n) is 3.95. The van der Waals surface area contributed by atoms with Crippen LogP contribution in [0.2, 0.25) is 0 Å². The summed E-state index contributed by atoms with van der Waals surface area (Å²) in [6.07, 6.45) is 4.53. The lowest BCUT2D eigenvalue weighted by Gasteiger charge is -2.34. The van der Waals surface area contributed by atoms with Gasteiger partial charge in [0, 0.05) is 38.1 Å². The summed E-state index contributed by atoms with van der Waals surface area (Å²) >= 11 is 0. The van der Waals surface area contributed by atoms with E-state index in [9.17, 15) is 9.59 Å². The number of hydrogen-bond acceptors (Lipinski definition) is 4. The number of carbonyl (C=O) groups excluding carboxylic acids is 2. The van der Waals surface area contributed by atoms with Gasteiger partial charge >= 0.3 is 0 Å². The lowest BCUT2D eigenvalue weighted by molar-refractivity contribution is -0.125. The van der Waals surface area contributed by atoms with Crippen LogP contribution in [0.1, 0.15) is 39.0 Å². The molecule has 0 bridgehead atoms. The standard InChI is InChI=1S/C20H27N3O3/c1-14-20(25)23(17-4-2-3-5-18(17)26-14)13-10-19(24)21-15-8-11-22(12-9-15)16-6-7-16/h2-5,14-16H,6-13H2,1H3,(H,21,24)/t14-/m1/s1. The quantitative estimate of drug-likeness (QED) is 0.875. The Morgan fingerprint density at radius 2 is 1.92 bits per heavy atom. The van der Waals surface area contributed by atoms with E-state index >= 15 is 0 Å². The van der Waals surface area contributed by atoms with E-state index in [2.05, 4.69) is 10.2 Å². The predicted octanol–water partition coefficient (Wildman–Crippen LogP) is 1.93. The third kappa shape index (κ3) is 3.70. The van der Waals surface area contributed by atoms with Crippen molar-refractivity contribution in [1.82, 2.24) is 10.2 Å². The fourth-order valence-corrected chi connectivity index (χ4v) is 3.95. The zero-order valence-electron chi connectivity index (χ0n) is 15.3. The van der Waals surface area contributed by atoms with Gasteiger partial charge in [0.25, 0.3) is 5.91 Å². The second-order valence-corrected chi connectivity index (χ2v) is 7.58. The van der Waals surface area contributed by atoms with E-state index in [1.165, 1.54) is 12.8 Å². The number of fused-ring (bicyclic) bond motifs is 1. The van der Waals surface area contributed by atoms with Crippen LogP contribution in [0.15, 0.2) is 24.3 Å². The van der Waals surface area contributed by atoms with Crippen LogP contribution in [-0.4, -0.2) is 54.5 Å². The molecule has 1 N–H and O–H groups in total. The lowest BCUT2D eigenvalue weighted by atomic mass is 10.0. The number of amides is 2. The minimum Gasteiger partial charge on any atom is -0.479 e. The maximum atomic E-state index is 12.5. The van der Waals surface area contributed by atoms with Crippen molar-refractivity contribution in [1.29, 1.82) is 0 Å². The first kappa shape index (κ1) is 17.3. The number of ether oxygens (including phenoxy) is 1. The average Bonchev–Trinajstić information content (AvgIpc) is 3.48. The molecule has 0 aromatic heterocycles. The normalized spacial score (nSPS) is 24.1. The summed E-state index contributed by atoms with van der Waals surface area (Å²) in [6.45, 7) is 4.31. The van der Waals surface area contributed by atoms with Crippen molar-refractivity contribution >= 4 is 17.5 Å². The number of piperidine rings is 1. The van der Waals surface area contributed by atoms with Gasteiger partial charge in [0.2, 0.25) is 5.91 Å². The van der Waals surface area contributed by atoms with Gasteiger partial charge in [0.05, 0.1) is 5.69 Å². The molecule has 26 heavy (non-hydrogen) atoms. The van der Waals surface area contributed by atoms with Crippen molar-refractivity contribution in [2.24, 2.45) is 0 Å². The SMILES string of the molecule is C[C@H]1Oc2ccccc2N(CCC(=O)NC2CCN(C3CC3)CC2)C1=O. The van der Waals surface area contributed by atoms with Gasteiger partial charge in [0.1, 0.15) is 5.75 Å². The second kappa shape index (κ2) is 7.27. The van der Waals surface area contributed by atoms with Gasteiger partial charge in [-0.15, -0.1) is 0 Å². The predicted molar refractivity (Wildman–Crippen MR) is 99.3 cm³/mol. The maximum absolute atomic E-state index is 12.5. The summed E-state index contributed by atoms with van der Waals surface area (Å²) in [5.41, 5.74) is 0.751. The minimum absolute atomic E-state index is 0.0271. The number of carbonyl (C=O) groups is 2. The zero-order valence-corrected chi connectivity index (χ0v) is 15.3. The zero-order chi connectivity index (χ0) is 18.1. The monoisotopic (exact) mass is 357 g/mol. The molecule has 1 saturated carbocycles. The van der Waals surface area contributed by atoms with E-state index in [0.29, 0.717) is 18.7 Å². The van der Waals surface area contributed by atoms with Crippen LogP contribution in [0.4, 0.5) is 5.69 Å². The molecule has 0 radical (unpaired) electrons. The average molecular weight is 357 g/mol. The van der Waals surface area contributed by atoms with E-state index < -0.39 is 6.10 Å². The highest BCUT2D eigenvalue weighted by Gasteiger charge is 2.33. The summed E-state index contributed by atoms with van der Waals surface area (Å²) in [5, 5.41) is 3.15. The van der Waals surface area contributed by atoms with Gasteiger partial charge in [-0.25, -0.2) is 0 Å². The van der Waals surface area contributed by atoms with Crippen LogP contribution < -0.4 is 15.0 Å². The number of anilines is 1. The van der Waals surface area contributed by atoms with Gasteiger partial charge in [-0.3, -0.25) is 9.59 Å². The van der Waals surface area contributed by atoms with Crippen molar-refractivity contribution in [3.05, 3.63) is 24.3 Å². The Balaban J connectivity index is 1.29. The number of rotatable bonds is 5. The second-order valence-electron chi connectivity index (χ2n) is 7.58. The summed E-state index contributed by atoms with van der Waals surface area (Å²) in [6, 6.07) is 8.57. The van der Waals surface area contributed by atoms with Crippen LogP contribution in [0.25, 0.3) is 0 Å². The van der Waals surface area contributed by atoms with Crippen LogP contribution >= 0.6 is 0 Å². The first-order valence-corrected chi connectivity index (χ1v) is 9.72. The Kier molecular flexibility index (Phi) is 4.85. The van der Waals surface area contributed by atoms with Gasteiger partial charge < -0.3 is 19.9 Å². The van der Waals surface area contributed by atoms with Crippen LogP contribution in [-0.2, 0) is 9.59 Å². The highest BCUT2D eigenvalue weighted by atomic mass is 16.5.